The summed E-state index contributed by atoms with van der Waals surface area (Å²) in [6.07, 6.45) is 0. The largest absolute Gasteiger partial charge is 0.298 e. The molecule has 1 aliphatic rings. The summed E-state index contributed by atoms with van der Waals surface area (Å²) < 4.78 is 0. The first-order chi connectivity index (χ1) is 3.75. The van der Waals surface area contributed by atoms with Crippen LogP contribution in [-0.4, -0.2) is 24.0 Å². The second-order valence-electron chi connectivity index (χ2n) is 2.90. The van der Waals surface area contributed by atoms with Gasteiger partial charge in [0.15, 0.2) is 0 Å². The minimum absolute atomic E-state index is 0.870. The highest BCUT2D eigenvalue weighted by atomic mass is 15.3. The summed E-state index contributed by atoms with van der Waals surface area (Å²) >= 11 is 0. The number of hydrogen-bond donors (Lipinski definition) is 0. The molecular weight excluding hydrogens is 98.1 g/mol. The topological polar surface area (TPSA) is 3.01 Å². The van der Waals surface area contributed by atoms with Crippen molar-refractivity contribution in [3.63, 3.8) is 0 Å². The number of hydrogen-bond acceptors (Lipinski definition) is 1. The Morgan fingerprint density at radius 3 is 2.38 bits per heavy atom. The molecule has 1 saturated heterocycles. The Bertz CT molecular complexity index is 78.5. The summed E-state index contributed by atoms with van der Waals surface area (Å²) in [7, 11) is 0. The van der Waals surface area contributed by atoms with Crippen molar-refractivity contribution in [1.29, 1.82) is 0 Å². The van der Waals surface area contributed by atoms with E-state index in [-0.39, 0.29) is 0 Å². The smallest absolute Gasteiger partial charge is 0.0246 e. The van der Waals surface area contributed by atoms with E-state index < -0.39 is 0 Å². The van der Waals surface area contributed by atoms with Crippen LogP contribution >= 0.6 is 0 Å². The van der Waals surface area contributed by atoms with Gasteiger partial charge in [-0.2, -0.15) is 0 Å². The van der Waals surface area contributed by atoms with Gasteiger partial charge < -0.3 is 0 Å². The zero-order chi connectivity index (χ0) is 6.15. The fraction of sp³-hybridized carbons (Fsp3) is 1.00. The predicted octanol–water partition coefficient (Wildman–Crippen LogP) is 1.35. The lowest BCUT2D eigenvalue weighted by Crippen LogP contribution is -2.06. The minimum Gasteiger partial charge on any atom is -0.298 e. The standard InChI is InChI=1S/C7H15N/c1-4-8-5-7(8)6(2)3/h6-7H,4-5H2,1-3H3. The van der Waals surface area contributed by atoms with E-state index >= 15 is 0 Å². The first-order valence-electron chi connectivity index (χ1n) is 3.49. The SMILES string of the molecule is CCN1CC1C(C)C. The Kier molecular flexibility index (Phi) is 1.57. The lowest BCUT2D eigenvalue weighted by atomic mass is 10.1. The summed E-state index contributed by atoms with van der Waals surface area (Å²) in [5, 5.41) is 0. The van der Waals surface area contributed by atoms with Gasteiger partial charge in [-0.1, -0.05) is 20.8 Å². The third-order valence-corrected chi connectivity index (χ3v) is 1.93. The molecule has 0 N–H and O–H groups in total. The lowest BCUT2D eigenvalue weighted by molar-refractivity contribution is 0.463. The molecule has 1 heteroatoms. The Morgan fingerprint density at radius 1 is 1.62 bits per heavy atom. The molecule has 1 aliphatic heterocycles. The van der Waals surface area contributed by atoms with Gasteiger partial charge >= 0.3 is 0 Å². The lowest BCUT2D eigenvalue weighted by Gasteiger charge is -2.00. The molecule has 0 aromatic rings. The molecular formula is C7H15N. The van der Waals surface area contributed by atoms with Crippen molar-refractivity contribution in [2.24, 2.45) is 5.92 Å². The van der Waals surface area contributed by atoms with Crippen LogP contribution < -0.4 is 0 Å². The van der Waals surface area contributed by atoms with Gasteiger partial charge in [0.1, 0.15) is 0 Å². The van der Waals surface area contributed by atoms with Crippen LogP contribution in [0.2, 0.25) is 0 Å². The third kappa shape index (κ3) is 1.03. The van der Waals surface area contributed by atoms with Crippen molar-refractivity contribution in [2.75, 3.05) is 13.1 Å². The quantitative estimate of drug-likeness (QED) is 0.488. The van der Waals surface area contributed by atoms with Crippen LogP contribution in [0.25, 0.3) is 0 Å². The van der Waals surface area contributed by atoms with Gasteiger partial charge in [0.2, 0.25) is 0 Å². The van der Waals surface area contributed by atoms with E-state index in [1.807, 2.05) is 0 Å². The van der Waals surface area contributed by atoms with E-state index in [0.717, 1.165) is 12.0 Å². The molecule has 0 bridgehead atoms. The Balaban J connectivity index is 2.16. The monoisotopic (exact) mass is 113 g/mol. The summed E-state index contributed by atoms with van der Waals surface area (Å²) in [6.45, 7) is 9.39. The van der Waals surface area contributed by atoms with Crippen molar-refractivity contribution < 1.29 is 0 Å². The maximum absolute atomic E-state index is 2.49. The second-order valence-corrected chi connectivity index (χ2v) is 2.90. The molecule has 2 atom stereocenters. The molecule has 1 heterocycles. The summed E-state index contributed by atoms with van der Waals surface area (Å²) in [4.78, 5) is 2.49. The molecule has 0 spiro atoms. The molecule has 1 fully saturated rings. The molecule has 2 unspecified atom stereocenters. The minimum atomic E-state index is 0.870. The van der Waals surface area contributed by atoms with Crippen molar-refractivity contribution in [3.05, 3.63) is 0 Å². The van der Waals surface area contributed by atoms with Gasteiger partial charge in [-0.15, -0.1) is 0 Å². The van der Waals surface area contributed by atoms with Crippen LogP contribution in [0, 0.1) is 5.92 Å². The maximum Gasteiger partial charge on any atom is 0.0246 e. The zero-order valence-corrected chi connectivity index (χ0v) is 6.02. The third-order valence-electron chi connectivity index (χ3n) is 1.93. The van der Waals surface area contributed by atoms with Gasteiger partial charge in [0, 0.05) is 12.6 Å². The average molecular weight is 113 g/mol. The highest BCUT2D eigenvalue weighted by Crippen LogP contribution is 2.23. The number of likely N-dealkylation sites (N-methyl/N-ethyl adjacent to an activating group) is 1. The molecule has 0 aliphatic carbocycles. The molecule has 0 aromatic heterocycles. The molecule has 8 heavy (non-hydrogen) atoms. The first-order valence-corrected chi connectivity index (χ1v) is 3.49. The molecule has 1 rings (SSSR count). The van der Waals surface area contributed by atoms with Crippen molar-refractivity contribution in [2.45, 2.75) is 26.8 Å². The van der Waals surface area contributed by atoms with Crippen LogP contribution in [0.1, 0.15) is 20.8 Å². The molecule has 0 saturated carbocycles. The van der Waals surface area contributed by atoms with Gasteiger partial charge in [0.05, 0.1) is 0 Å². The van der Waals surface area contributed by atoms with Crippen molar-refractivity contribution in [3.8, 4) is 0 Å². The Morgan fingerprint density at radius 2 is 2.25 bits per heavy atom. The van der Waals surface area contributed by atoms with Crippen LogP contribution in [-0.2, 0) is 0 Å². The highest BCUT2D eigenvalue weighted by Gasteiger charge is 2.34. The van der Waals surface area contributed by atoms with E-state index in [4.69, 9.17) is 0 Å². The molecule has 0 amide bonds. The zero-order valence-electron chi connectivity index (χ0n) is 6.02. The van der Waals surface area contributed by atoms with E-state index in [1.165, 1.54) is 13.1 Å². The fourth-order valence-corrected chi connectivity index (χ4v) is 1.19. The molecule has 1 nitrogen and oxygen atoms in total. The molecule has 48 valence electrons. The highest BCUT2D eigenvalue weighted by molar-refractivity contribution is 4.89. The molecule has 0 radical (unpaired) electrons. The predicted molar refractivity (Wildman–Crippen MR) is 35.9 cm³/mol. The van der Waals surface area contributed by atoms with Crippen molar-refractivity contribution in [1.82, 2.24) is 4.90 Å². The van der Waals surface area contributed by atoms with E-state index in [2.05, 4.69) is 25.7 Å². The van der Waals surface area contributed by atoms with Crippen LogP contribution in [0.15, 0.2) is 0 Å². The van der Waals surface area contributed by atoms with Gasteiger partial charge in [-0.25, -0.2) is 0 Å². The maximum atomic E-state index is 2.49. The average Bonchev–Trinajstić information content (AvgIpc) is 2.42. The summed E-state index contributed by atoms with van der Waals surface area (Å²) in [6, 6.07) is 0.917. The second kappa shape index (κ2) is 2.06. The van der Waals surface area contributed by atoms with Crippen LogP contribution in [0.3, 0.4) is 0 Å². The van der Waals surface area contributed by atoms with Crippen LogP contribution in [0.4, 0.5) is 0 Å². The summed E-state index contributed by atoms with van der Waals surface area (Å²) in [5.74, 6) is 0.870. The molecule has 0 aromatic carbocycles. The fourth-order valence-electron chi connectivity index (χ4n) is 1.19. The van der Waals surface area contributed by atoms with E-state index in [9.17, 15) is 0 Å². The van der Waals surface area contributed by atoms with Crippen LogP contribution in [0.5, 0.6) is 0 Å². The number of nitrogens with zero attached hydrogens (tertiary/aromatic N) is 1. The number of rotatable bonds is 2. The summed E-state index contributed by atoms with van der Waals surface area (Å²) in [5.41, 5.74) is 0. The van der Waals surface area contributed by atoms with Gasteiger partial charge in [-0.05, 0) is 12.5 Å². The van der Waals surface area contributed by atoms with Crippen molar-refractivity contribution >= 4 is 0 Å². The Labute approximate surface area is 51.7 Å². The first kappa shape index (κ1) is 6.09. The van der Waals surface area contributed by atoms with E-state index in [0.29, 0.717) is 0 Å². The normalized spacial score (nSPS) is 36.0. The van der Waals surface area contributed by atoms with Gasteiger partial charge in [-0.3, -0.25) is 4.90 Å². The van der Waals surface area contributed by atoms with E-state index in [1.54, 1.807) is 0 Å². The Hall–Kier alpha value is -0.0400. The van der Waals surface area contributed by atoms with Gasteiger partial charge in [0.25, 0.3) is 0 Å².